The van der Waals surface area contributed by atoms with Crippen LogP contribution in [0.4, 0.5) is 5.69 Å². The second-order valence-corrected chi connectivity index (χ2v) is 6.49. The lowest BCUT2D eigenvalue weighted by Gasteiger charge is -2.27. The Morgan fingerprint density at radius 2 is 1.92 bits per heavy atom. The molecule has 1 N–H and O–H groups in total. The summed E-state index contributed by atoms with van der Waals surface area (Å²) < 4.78 is 1.90. The van der Waals surface area contributed by atoms with Crippen molar-refractivity contribution >= 4 is 22.6 Å². The van der Waals surface area contributed by atoms with Gasteiger partial charge in [0.05, 0.1) is 17.4 Å². The fourth-order valence-electron chi connectivity index (χ4n) is 3.59. The molecule has 4 rings (SSSR count). The van der Waals surface area contributed by atoms with E-state index in [0.29, 0.717) is 19.1 Å². The number of fused-ring (bicyclic) bond motifs is 1. The highest BCUT2D eigenvalue weighted by atomic mass is 16.1. The third-order valence-corrected chi connectivity index (χ3v) is 4.84. The predicted molar refractivity (Wildman–Crippen MR) is 99.6 cm³/mol. The van der Waals surface area contributed by atoms with Gasteiger partial charge >= 0.3 is 0 Å². The number of hydrogen-bond donors (Lipinski definition) is 1. The van der Waals surface area contributed by atoms with Crippen molar-refractivity contribution in [3.05, 3.63) is 60.9 Å². The third-order valence-electron chi connectivity index (χ3n) is 4.84. The normalized spacial score (nSPS) is 17.1. The number of imidazole rings is 1. The summed E-state index contributed by atoms with van der Waals surface area (Å²) in [6, 6.07) is 18.7. The van der Waals surface area contributed by atoms with E-state index in [-0.39, 0.29) is 5.91 Å². The van der Waals surface area contributed by atoms with Crippen molar-refractivity contribution in [2.75, 3.05) is 18.0 Å². The van der Waals surface area contributed by atoms with E-state index in [1.54, 1.807) is 6.33 Å². The van der Waals surface area contributed by atoms with Gasteiger partial charge in [-0.25, -0.2) is 4.98 Å². The van der Waals surface area contributed by atoms with Gasteiger partial charge in [0.25, 0.3) is 0 Å². The van der Waals surface area contributed by atoms with Crippen LogP contribution in [-0.4, -0.2) is 34.6 Å². The maximum atomic E-state index is 12.4. The Hall–Kier alpha value is -2.82. The van der Waals surface area contributed by atoms with Crippen LogP contribution in [0.1, 0.15) is 12.8 Å². The lowest BCUT2D eigenvalue weighted by molar-refractivity contribution is -0.121. The van der Waals surface area contributed by atoms with Crippen molar-refractivity contribution in [2.24, 2.45) is 0 Å². The van der Waals surface area contributed by atoms with Gasteiger partial charge < -0.3 is 14.8 Å². The second kappa shape index (κ2) is 6.97. The van der Waals surface area contributed by atoms with Gasteiger partial charge in [0, 0.05) is 24.8 Å². The van der Waals surface area contributed by atoms with E-state index in [9.17, 15) is 4.79 Å². The van der Waals surface area contributed by atoms with Gasteiger partial charge in [-0.05, 0) is 37.1 Å². The molecule has 1 saturated heterocycles. The number of anilines is 1. The van der Waals surface area contributed by atoms with Gasteiger partial charge in [0.15, 0.2) is 0 Å². The molecule has 0 aliphatic carbocycles. The van der Waals surface area contributed by atoms with Gasteiger partial charge in [-0.1, -0.05) is 30.3 Å². The first-order chi connectivity index (χ1) is 12.3. The van der Waals surface area contributed by atoms with Crippen LogP contribution in [0.2, 0.25) is 0 Å². The van der Waals surface area contributed by atoms with E-state index in [4.69, 9.17) is 0 Å². The highest BCUT2D eigenvalue weighted by Crippen LogP contribution is 2.24. The number of para-hydroxylation sites is 3. The molecule has 0 bridgehead atoms. The van der Waals surface area contributed by atoms with E-state index < -0.39 is 0 Å². The highest BCUT2D eigenvalue weighted by molar-refractivity contribution is 5.80. The maximum Gasteiger partial charge on any atom is 0.240 e. The summed E-state index contributed by atoms with van der Waals surface area (Å²) in [7, 11) is 0. The van der Waals surface area contributed by atoms with Crippen LogP contribution in [0.5, 0.6) is 0 Å². The fraction of sp³-hybridized carbons (Fsp3) is 0.300. The molecule has 1 aliphatic rings. The first-order valence-electron chi connectivity index (χ1n) is 8.79. The summed E-state index contributed by atoms with van der Waals surface area (Å²) in [6.07, 6.45) is 4.01. The molecule has 0 saturated carbocycles. The molecule has 1 unspecified atom stereocenters. The number of carbonyl (C=O) groups excluding carboxylic acids is 1. The van der Waals surface area contributed by atoms with Gasteiger partial charge in [0.1, 0.15) is 6.54 Å². The first kappa shape index (κ1) is 15.7. The van der Waals surface area contributed by atoms with Crippen LogP contribution in [0.3, 0.4) is 0 Å². The summed E-state index contributed by atoms with van der Waals surface area (Å²) in [5.41, 5.74) is 3.14. The monoisotopic (exact) mass is 334 g/mol. The Morgan fingerprint density at radius 1 is 1.12 bits per heavy atom. The van der Waals surface area contributed by atoms with Crippen LogP contribution < -0.4 is 10.2 Å². The van der Waals surface area contributed by atoms with Crippen molar-refractivity contribution in [2.45, 2.75) is 25.4 Å². The molecule has 2 heterocycles. The van der Waals surface area contributed by atoms with Crippen molar-refractivity contribution in [3.63, 3.8) is 0 Å². The van der Waals surface area contributed by atoms with Gasteiger partial charge in [-0.3, -0.25) is 4.79 Å². The van der Waals surface area contributed by atoms with E-state index in [1.807, 2.05) is 34.9 Å². The molecule has 25 heavy (non-hydrogen) atoms. The molecule has 5 nitrogen and oxygen atoms in total. The smallest absolute Gasteiger partial charge is 0.240 e. The molecule has 1 aromatic heterocycles. The summed E-state index contributed by atoms with van der Waals surface area (Å²) in [6.45, 7) is 2.04. The van der Waals surface area contributed by atoms with Crippen molar-refractivity contribution in [1.82, 2.24) is 14.9 Å². The van der Waals surface area contributed by atoms with E-state index in [0.717, 1.165) is 24.0 Å². The Morgan fingerprint density at radius 3 is 2.80 bits per heavy atom. The van der Waals surface area contributed by atoms with Crippen molar-refractivity contribution < 1.29 is 4.79 Å². The van der Waals surface area contributed by atoms with E-state index >= 15 is 0 Å². The molecule has 3 aromatic rings. The molecule has 0 spiro atoms. The summed E-state index contributed by atoms with van der Waals surface area (Å²) in [5, 5.41) is 3.10. The Labute approximate surface area is 147 Å². The average molecular weight is 334 g/mol. The maximum absolute atomic E-state index is 12.4. The number of benzene rings is 2. The van der Waals surface area contributed by atoms with Crippen LogP contribution in [-0.2, 0) is 11.3 Å². The van der Waals surface area contributed by atoms with Crippen molar-refractivity contribution in [3.8, 4) is 0 Å². The third kappa shape index (κ3) is 3.36. The molecule has 2 aromatic carbocycles. The fourth-order valence-corrected chi connectivity index (χ4v) is 3.59. The summed E-state index contributed by atoms with van der Waals surface area (Å²) >= 11 is 0. The largest absolute Gasteiger partial charge is 0.367 e. The zero-order valence-corrected chi connectivity index (χ0v) is 14.1. The number of rotatable bonds is 5. The number of nitrogens with zero attached hydrogens (tertiary/aromatic N) is 3. The summed E-state index contributed by atoms with van der Waals surface area (Å²) in [4.78, 5) is 19.1. The van der Waals surface area contributed by atoms with Gasteiger partial charge in [-0.2, -0.15) is 0 Å². The number of nitrogens with one attached hydrogen (secondary N) is 1. The van der Waals surface area contributed by atoms with Gasteiger partial charge in [-0.15, -0.1) is 0 Å². The van der Waals surface area contributed by atoms with Crippen molar-refractivity contribution in [1.29, 1.82) is 0 Å². The molecule has 1 atom stereocenters. The number of aromatic nitrogens is 2. The molecular weight excluding hydrogens is 312 g/mol. The minimum atomic E-state index is 0.0306. The SMILES string of the molecule is O=C(Cn1cnc2ccccc21)NCC1CCCN1c1ccccc1. The molecule has 1 amide bonds. The zero-order valence-electron chi connectivity index (χ0n) is 14.1. The Kier molecular flexibility index (Phi) is 4.37. The standard InChI is InChI=1S/C20H22N4O/c25-20(14-23-15-22-18-10-4-5-11-19(18)23)21-13-17-9-6-12-24(17)16-7-2-1-3-8-16/h1-5,7-8,10-11,15,17H,6,9,12-14H2,(H,21,25). The van der Waals surface area contributed by atoms with Crippen LogP contribution in [0, 0.1) is 0 Å². The van der Waals surface area contributed by atoms with Crippen LogP contribution in [0.15, 0.2) is 60.9 Å². The average Bonchev–Trinajstić information content (AvgIpc) is 3.28. The number of hydrogen-bond acceptors (Lipinski definition) is 3. The molecular formula is C20H22N4O. The number of carbonyl (C=O) groups is 1. The second-order valence-electron chi connectivity index (χ2n) is 6.49. The molecule has 0 radical (unpaired) electrons. The lowest BCUT2D eigenvalue weighted by atomic mass is 10.2. The number of amides is 1. The quantitative estimate of drug-likeness (QED) is 0.780. The summed E-state index contributed by atoms with van der Waals surface area (Å²) in [5.74, 6) is 0.0306. The highest BCUT2D eigenvalue weighted by Gasteiger charge is 2.24. The molecule has 1 fully saturated rings. The minimum Gasteiger partial charge on any atom is -0.367 e. The van der Waals surface area contributed by atoms with Crippen LogP contribution >= 0.6 is 0 Å². The topological polar surface area (TPSA) is 50.2 Å². The first-order valence-corrected chi connectivity index (χ1v) is 8.79. The van der Waals surface area contributed by atoms with Gasteiger partial charge in [0.2, 0.25) is 5.91 Å². The van der Waals surface area contributed by atoms with E-state index in [2.05, 4.69) is 39.5 Å². The Balaban J connectivity index is 1.37. The molecule has 1 aliphatic heterocycles. The lowest BCUT2D eigenvalue weighted by Crippen LogP contribution is -2.41. The predicted octanol–water partition coefficient (Wildman–Crippen LogP) is 2.82. The van der Waals surface area contributed by atoms with E-state index in [1.165, 1.54) is 12.1 Å². The molecule has 128 valence electrons. The zero-order chi connectivity index (χ0) is 17.1. The van der Waals surface area contributed by atoms with Crippen LogP contribution in [0.25, 0.3) is 11.0 Å². The Bertz CT molecular complexity index is 858. The minimum absolute atomic E-state index is 0.0306. The molecule has 5 heteroatoms.